The summed E-state index contributed by atoms with van der Waals surface area (Å²) < 4.78 is 11.4. The van der Waals surface area contributed by atoms with Crippen LogP contribution < -0.4 is 4.74 Å². The molecule has 0 aromatic heterocycles. The van der Waals surface area contributed by atoms with Gasteiger partial charge in [-0.05, 0) is 39.2 Å². The lowest BCUT2D eigenvalue weighted by Gasteiger charge is -2.38. The van der Waals surface area contributed by atoms with E-state index in [1.807, 2.05) is 38.1 Å². The molecule has 0 amide bonds. The highest BCUT2D eigenvalue weighted by Gasteiger charge is 2.37. The summed E-state index contributed by atoms with van der Waals surface area (Å²) in [5, 5.41) is 10.6. The topological polar surface area (TPSA) is 38.7 Å². The van der Waals surface area contributed by atoms with E-state index in [0.29, 0.717) is 6.61 Å². The highest BCUT2D eigenvalue weighted by atomic mass is 16.5. The van der Waals surface area contributed by atoms with E-state index in [1.165, 1.54) is 0 Å². The van der Waals surface area contributed by atoms with Gasteiger partial charge in [-0.15, -0.1) is 0 Å². The molecular weight excluding hydrogens is 228 g/mol. The van der Waals surface area contributed by atoms with Crippen molar-refractivity contribution in [1.82, 2.24) is 0 Å². The van der Waals surface area contributed by atoms with Crippen LogP contribution in [0.2, 0.25) is 0 Å². The van der Waals surface area contributed by atoms with Crippen LogP contribution in [0.15, 0.2) is 24.3 Å². The van der Waals surface area contributed by atoms with Crippen molar-refractivity contribution >= 4 is 0 Å². The lowest BCUT2D eigenvalue weighted by atomic mass is 9.86. The molecule has 3 heteroatoms. The first-order valence-corrected chi connectivity index (χ1v) is 6.71. The summed E-state index contributed by atoms with van der Waals surface area (Å²) in [6.07, 6.45) is 2.43. The monoisotopic (exact) mass is 250 g/mol. The van der Waals surface area contributed by atoms with Crippen LogP contribution in [0.1, 0.15) is 44.8 Å². The molecule has 1 N–H and O–H groups in total. The van der Waals surface area contributed by atoms with E-state index in [0.717, 1.165) is 37.2 Å². The van der Waals surface area contributed by atoms with Crippen molar-refractivity contribution in [3.05, 3.63) is 29.8 Å². The first kappa shape index (κ1) is 13.4. The molecule has 1 aliphatic rings. The van der Waals surface area contributed by atoms with E-state index < -0.39 is 11.7 Å². The van der Waals surface area contributed by atoms with Gasteiger partial charge in [0.15, 0.2) is 0 Å². The Hall–Kier alpha value is -1.06. The standard InChI is InChI=1S/C15H22O3/c1-3-17-13-9-5-4-8-12(13)14(16)15(2)10-6-7-11-18-15/h4-5,8-9,14,16H,3,6-7,10-11H2,1-2H3. The van der Waals surface area contributed by atoms with Gasteiger partial charge in [0.1, 0.15) is 11.9 Å². The minimum absolute atomic E-state index is 0.495. The van der Waals surface area contributed by atoms with Gasteiger partial charge in [-0.3, -0.25) is 0 Å². The van der Waals surface area contributed by atoms with Crippen molar-refractivity contribution < 1.29 is 14.6 Å². The average molecular weight is 250 g/mol. The van der Waals surface area contributed by atoms with Crippen molar-refractivity contribution in [2.24, 2.45) is 0 Å². The second kappa shape index (κ2) is 5.72. The summed E-state index contributed by atoms with van der Waals surface area (Å²) >= 11 is 0. The Bertz CT molecular complexity index is 383. The highest BCUT2D eigenvalue weighted by molar-refractivity contribution is 5.36. The quantitative estimate of drug-likeness (QED) is 0.892. The third kappa shape index (κ3) is 2.68. The Morgan fingerprint density at radius 3 is 2.83 bits per heavy atom. The number of benzene rings is 1. The second-order valence-corrected chi connectivity index (χ2v) is 4.99. The first-order chi connectivity index (χ1) is 8.67. The largest absolute Gasteiger partial charge is 0.493 e. The number of ether oxygens (including phenoxy) is 2. The SMILES string of the molecule is CCOc1ccccc1C(O)C1(C)CCCCO1. The fourth-order valence-corrected chi connectivity index (χ4v) is 2.49. The van der Waals surface area contributed by atoms with Gasteiger partial charge in [-0.25, -0.2) is 0 Å². The van der Waals surface area contributed by atoms with E-state index in [4.69, 9.17) is 9.47 Å². The zero-order valence-electron chi connectivity index (χ0n) is 11.2. The number of aliphatic hydroxyl groups is 1. The molecular formula is C15H22O3. The molecule has 3 nitrogen and oxygen atoms in total. The predicted molar refractivity (Wildman–Crippen MR) is 70.8 cm³/mol. The number of para-hydroxylation sites is 1. The lowest BCUT2D eigenvalue weighted by molar-refractivity contribution is -0.138. The summed E-state index contributed by atoms with van der Waals surface area (Å²) in [6, 6.07) is 7.66. The number of rotatable bonds is 4. The molecule has 2 rings (SSSR count). The molecule has 0 aliphatic carbocycles. The Balaban J connectivity index is 2.24. The van der Waals surface area contributed by atoms with Gasteiger partial charge in [-0.1, -0.05) is 18.2 Å². The molecule has 1 heterocycles. The molecule has 1 aromatic rings. The van der Waals surface area contributed by atoms with Gasteiger partial charge in [-0.2, -0.15) is 0 Å². The summed E-state index contributed by atoms with van der Waals surface area (Å²) in [5.74, 6) is 0.753. The highest BCUT2D eigenvalue weighted by Crippen LogP contribution is 2.39. The molecule has 100 valence electrons. The maximum atomic E-state index is 10.6. The van der Waals surface area contributed by atoms with Gasteiger partial charge in [0, 0.05) is 12.2 Å². The van der Waals surface area contributed by atoms with Crippen LogP contribution in [0, 0.1) is 0 Å². The minimum atomic E-state index is -0.638. The number of aliphatic hydroxyl groups excluding tert-OH is 1. The molecule has 2 atom stereocenters. The molecule has 1 aromatic carbocycles. The lowest BCUT2D eigenvalue weighted by Crippen LogP contribution is -2.39. The average Bonchev–Trinajstić information content (AvgIpc) is 2.40. The van der Waals surface area contributed by atoms with Gasteiger partial charge in [0.25, 0.3) is 0 Å². The fraction of sp³-hybridized carbons (Fsp3) is 0.600. The third-order valence-electron chi connectivity index (χ3n) is 3.59. The molecule has 0 radical (unpaired) electrons. The second-order valence-electron chi connectivity index (χ2n) is 4.99. The number of hydrogen-bond donors (Lipinski definition) is 1. The van der Waals surface area contributed by atoms with Crippen molar-refractivity contribution in [2.75, 3.05) is 13.2 Å². The van der Waals surface area contributed by atoms with Crippen LogP contribution in [-0.4, -0.2) is 23.9 Å². The van der Waals surface area contributed by atoms with E-state index in [1.54, 1.807) is 0 Å². The summed E-state index contributed by atoms with van der Waals surface area (Å²) in [5.41, 5.74) is 0.328. The van der Waals surface area contributed by atoms with Gasteiger partial charge in [0.05, 0.1) is 12.2 Å². The van der Waals surface area contributed by atoms with Crippen molar-refractivity contribution in [1.29, 1.82) is 0 Å². The normalized spacial score (nSPS) is 25.7. The molecule has 1 fully saturated rings. The Labute approximate surface area is 109 Å². The zero-order chi connectivity index (χ0) is 13.0. The first-order valence-electron chi connectivity index (χ1n) is 6.71. The molecule has 0 bridgehead atoms. The molecule has 2 unspecified atom stereocenters. The van der Waals surface area contributed by atoms with E-state index >= 15 is 0 Å². The number of hydrogen-bond acceptors (Lipinski definition) is 3. The summed E-state index contributed by atoms with van der Waals surface area (Å²) in [4.78, 5) is 0. The van der Waals surface area contributed by atoms with Gasteiger partial charge >= 0.3 is 0 Å². The van der Waals surface area contributed by atoms with Crippen LogP contribution in [-0.2, 0) is 4.74 Å². The van der Waals surface area contributed by atoms with E-state index in [-0.39, 0.29) is 0 Å². The molecule has 18 heavy (non-hydrogen) atoms. The van der Waals surface area contributed by atoms with Crippen molar-refractivity contribution in [2.45, 2.75) is 44.8 Å². The fourth-order valence-electron chi connectivity index (χ4n) is 2.49. The van der Waals surface area contributed by atoms with Crippen LogP contribution in [0.25, 0.3) is 0 Å². The van der Waals surface area contributed by atoms with Crippen LogP contribution in [0.5, 0.6) is 5.75 Å². The maximum Gasteiger partial charge on any atom is 0.125 e. The molecule has 0 saturated carbocycles. The van der Waals surface area contributed by atoms with Crippen LogP contribution >= 0.6 is 0 Å². The molecule has 1 saturated heterocycles. The van der Waals surface area contributed by atoms with Crippen molar-refractivity contribution in [3.63, 3.8) is 0 Å². The Morgan fingerprint density at radius 1 is 1.39 bits per heavy atom. The van der Waals surface area contributed by atoms with Crippen LogP contribution in [0.4, 0.5) is 0 Å². The van der Waals surface area contributed by atoms with Crippen molar-refractivity contribution in [3.8, 4) is 5.75 Å². The minimum Gasteiger partial charge on any atom is -0.493 e. The zero-order valence-corrected chi connectivity index (χ0v) is 11.2. The Morgan fingerprint density at radius 2 is 2.17 bits per heavy atom. The molecule has 0 spiro atoms. The smallest absolute Gasteiger partial charge is 0.125 e. The third-order valence-corrected chi connectivity index (χ3v) is 3.59. The predicted octanol–water partition coefficient (Wildman–Crippen LogP) is 3.08. The Kier molecular flexibility index (Phi) is 4.25. The van der Waals surface area contributed by atoms with Gasteiger partial charge < -0.3 is 14.6 Å². The van der Waals surface area contributed by atoms with Crippen LogP contribution in [0.3, 0.4) is 0 Å². The van der Waals surface area contributed by atoms with Gasteiger partial charge in [0.2, 0.25) is 0 Å². The van der Waals surface area contributed by atoms with E-state index in [9.17, 15) is 5.11 Å². The summed E-state index contributed by atoms with van der Waals surface area (Å²) in [7, 11) is 0. The summed E-state index contributed by atoms with van der Waals surface area (Å²) in [6.45, 7) is 5.26. The maximum absolute atomic E-state index is 10.6. The van der Waals surface area contributed by atoms with E-state index in [2.05, 4.69) is 0 Å². The molecule has 1 aliphatic heterocycles.